The molecule has 0 amide bonds. The third-order valence-corrected chi connectivity index (χ3v) is 4.93. The molecule has 1 saturated carbocycles. The van der Waals surface area contributed by atoms with Crippen LogP contribution in [0.15, 0.2) is 36.9 Å². The minimum absolute atomic E-state index is 0.109. The number of nitriles is 1. The maximum Gasteiger partial charge on any atom is 0.218 e. The Balaban J connectivity index is 2.25. The van der Waals surface area contributed by atoms with Crippen LogP contribution in [0, 0.1) is 11.3 Å². The lowest BCUT2D eigenvalue weighted by molar-refractivity contribution is 0.435. The van der Waals surface area contributed by atoms with Crippen molar-refractivity contribution >= 4 is 10.0 Å². The van der Waals surface area contributed by atoms with Crippen molar-refractivity contribution in [1.82, 2.24) is 4.31 Å². The SMILES string of the molecule is C=CCN(C1CC1)S(=O)(=O)Cc1ccccc1C#N. The molecular formula is C14H16N2O2S. The van der Waals surface area contributed by atoms with E-state index in [2.05, 4.69) is 6.58 Å². The lowest BCUT2D eigenvalue weighted by Crippen LogP contribution is -2.34. The van der Waals surface area contributed by atoms with E-state index < -0.39 is 10.0 Å². The van der Waals surface area contributed by atoms with Gasteiger partial charge in [-0.1, -0.05) is 24.3 Å². The van der Waals surface area contributed by atoms with E-state index in [-0.39, 0.29) is 11.8 Å². The standard InChI is InChI=1S/C14H16N2O2S/c1-2-9-16(14-7-8-14)19(17,18)11-13-6-4-3-5-12(13)10-15/h2-6,14H,1,7-9,11H2. The molecule has 0 aliphatic heterocycles. The summed E-state index contributed by atoms with van der Waals surface area (Å²) < 4.78 is 26.3. The lowest BCUT2D eigenvalue weighted by Gasteiger charge is -2.20. The molecule has 2 rings (SSSR count). The van der Waals surface area contributed by atoms with Crippen LogP contribution in [0.3, 0.4) is 0 Å². The summed E-state index contributed by atoms with van der Waals surface area (Å²) in [5, 5.41) is 9.00. The molecule has 0 N–H and O–H groups in total. The summed E-state index contributed by atoms with van der Waals surface area (Å²) in [6.45, 7) is 3.94. The van der Waals surface area contributed by atoms with Crippen LogP contribution in [0.2, 0.25) is 0 Å². The summed E-state index contributed by atoms with van der Waals surface area (Å²) >= 11 is 0. The Bertz CT molecular complexity index is 613. The molecule has 0 radical (unpaired) electrons. The first kappa shape index (κ1) is 13.8. The van der Waals surface area contributed by atoms with Gasteiger partial charge < -0.3 is 0 Å². The first-order valence-corrected chi connectivity index (χ1v) is 7.78. The van der Waals surface area contributed by atoms with Gasteiger partial charge in [0.1, 0.15) is 0 Å². The van der Waals surface area contributed by atoms with Gasteiger partial charge >= 0.3 is 0 Å². The van der Waals surface area contributed by atoms with E-state index in [9.17, 15) is 8.42 Å². The van der Waals surface area contributed by atoms with Crippen LogP contribution in [-0.4, -0.2) is 25.3 Å². The highest BCUT2D eigenvalue weighted by Crippen LogP contribution is 2.30. The van der Waals surface area contributed by atoms with Crippen LogP contribution >= 0.6 is 0 Å². The van der Waals surface area contributed by atoms with E-state index in [1.807, 2.05) is 6.07 Å². The molecule has 0 heterocycles. The Morgan fingerprint density at radius 1 is 1.42 bits per heavy atom. The predicted molar refractivity (Wildman–Crippen MR) is 73.7 cm³/mol. The van der Waals surface area contributed by atoms with Crippen molar-refractivity contribution in [3.05, 3.63) is 48.0 Å². The smallest absolute Gasteiger partial charge is 0.212 e. The van der Waals surface area contributed by atoms with Crippen molar-refractivity contribution < 1.29 is 8.42 Å². The van der Waals surface area contributed by atoms with Crippen LogP contribution in [-0.2, 0) is 15.8 Å². The first-order valence-electron chi connectivity index (χ1n) is 6.17. The van der Waals surface area contributed by atoms with Gasteiger partial charge in [0.15, 0.2) is 0 Å². The van der Waals surface area contributed by atoms with Crippen LogP contribution in [0.1, 0.15) is 24.0 Å². The van der Waals surface area contributed by atoms with Crippen molar-refractivity contribution in [2.75, 3.05) is 6.54 Å². The molecule has 0 spiro atoms. The van der Waals surface area contributed by atoms with Crippen LogP contribution < -0.4 is 0 Å². The minimum Gasteiger partial charge on any atom is -0.212 e. The minimum atomic E-state index is -3.40. The number of benzene rings is 1. The molecule has 0 saturated heterocycles. The summed E-state index contributed by atoms with van der Waals surface area (Å²) in [6.07, 6.45) is 3.42. The number of nitrogens with zero attached hydrogens (tertiary/aromatic N) is 2. The topological polar surface area (TPSA) is 61.2 Å². The quantitative estimate of drug-likeness (QED) is 0.747. The summed E-state index contributed by atoms with van der Waals surface area (Å²) in [6, 6.07) is 8.95. The van der Waals surface area contributed by atoms with E-state index in [0.717, 1.165) is 12.8 Å². The van der Waals surface area contributed by atoms with Gasteiger partial charge in [0.2, 0.25) is 10.0 Å². The molecule has 100 valence electrons. The van der Waals surface area contributed by atoms with Crippen LogP contribution in [0.5, 0.6) is 0 Å². The Labute approximate surface area is 114 Å². The number of rotatable bonds is 6. The second-order valence-electron chi connectivity index (χ2n) is 4.61. The number of sulfonamides is 1. The summed E-state index contributed by atoms with van der Waals surface area (Å²) in [7, 11) is -3.40. The van der Waals surface area contributed by atoms with Gasteiger partial charge in [0.25, 0.3) is 0 Å². The molecule has 1 aromatic rings. The molecular weight excluding hydrogens is 260 g/mol. The summed E-state index contributed by atoms with van der Waals surface area (Å²) in [5.74, 6) is -0.124. The number of hydrogen-bond donors (Lipinski definition) is 0. The highest BCUT2D eigenvalue weighted by atomic mass is 32.2. The zero-order valence-corrected chi connectivity index (χ0v) is 11.4. The van der Waals surface area contributed by atoms with Crippen molar-refractivity contribution in [3.8, 4) is 6.07 Å². The molecule has 0 bridgehead atoms. The fourth-order valence-corrected chi connectivity index (χ4v) is 3.82. The van der Waals surface area contributed by atoms with Gasteiger partial charge in [-0.05, 0) is 24.5 Å². The molecule has 1 aromatic carbocycles. The zero-order valence-electron chi connectivity index (χ0n) is 10.6. The largest absolute Gasteiger partial charge is 0.218 e. The Morgan fingerprint density at radius 2 is 2.11 bits per heavy atom. The predicted octanol–water partition coefficient (Wildman–Crippen LogP) is 2.04. The summed E-state index contributed by atoms with van der Waals surface area (Å²) in [5.41, 5.74) is 0.972. The van der Waals surface area contributed by atoms with E-state index in [0.29, 0.717) is 17.7 Å². The van der Waals surface area contributed by atoms with E-state index in [1.54, 1.807) is 30.3 Å². The van der Waals surface area contributed by atoms with E-state index in [1.165, 1.54) is 4.31 Å². The van der Waals surface area contributed by atoms with Crippen LogP contribution in [0.25, 0.3) is 0 Å². The number of hydrogen-bond acceptors (Lipinski definition) is 3. The molecule has 1 aliphatic rings. The van der Waals surface area contributed by atoms with Gasteiger partial charge in [-0.25, -0.2) is 8.42 Å². The maximum atomic E-state index is 12.4. The maximum absolute atomic E-state index is 12.4. The van der Waals surface area contributed by atoms with Gasteiger partial charge in [-0.3, -0.25) is 0 Å². The average molecular weight is 276 g/mol. The van der Waals surface area contributed by atoms with Gasteiger partial charge in [0, 0.05) is 12.6 Å². The highest BCUT2D eigenvalue weighted by molar-refractivity contribution is 7.88. The Morgan fingerprint density at radius 3 is 2.68 bits per heavy atom. The van der Waals surface area contributed by atoms with Crippen molar-refractivity contribution in [2.45, 2.75) is 24.6 Å². The van der Waals surface area contributed by atoms with Crippen molar-refractivity contribution in [1.29, 1.82) is 5.26 Å². The highest BCUT2D eigenvalue weighted by Gasteiger charge is 2.36. The third kappa shape index (κ3) is 3.22. The Kier molecular flexibility index (Phi) is 4.03. The summed E-state index contributed by atoms with van der Waals surface area (Å²) in [4.78, 5) is 0. The second-order valence-corrected chi connectivity index (χ2v) is 6.54. The third-order valence-electron chi connectivity index (χ3n) is 3.10. The Hall–Kier alpha value is -1.64. The molecule has 1 aliphatic carbocycles. The van der Waals surface area contributed by atoms with Gasteiger partial charge in [0.05, 0.1) is 17.4 Å². The molecule has 0 unspecified atom stereocenters. The van der Waals surface area contributed by atoms with Gasteiger partial charge in [-0.15, -0.1) is 6.58 Å². The molecule has 0 atom stereocenters. The van der Waals surface area contributed by atoms with E-state index >= 15 is 0 Å². The molecule has 5 heteroatoms. The fourth-order valence-electron chi connectivity index (χ4n) is 2.01. The normalized spacial score (nSPS) is 15.2. The fraction of sp³-hybridized carbons (Fsp3) is 0.357. The van der Waals surface area contributed by atoms with Crippen molar-refractivity contribution in [2.24, 2.45) is 0 Å². The van der Waals surface area contributed by atoms with Crippen LogP contribution in [0.4, 0.5) is 0 Å². The molecule has 1 fully saturated rings. The molecule has 19 heavy (non-hydrogen) atoms. The molecule has 4 nitrogen and oxygen atoms in total. The first-order chi connectivity index (χ1) is 9.08. The average Bonchev–Trinajstić information content (AvgIpc) is 3.20. The van der Waals surface area contributed by atoms with Gasteiger partial charge in [-0.2, -0.15) is 9.57 Å². The van der Waals surface area contributed by atoms with E-state index in [4.69, 9.17) is 5.26 Å². The lowest BCUT2D eigenvalue weighted by atomic mass is 10.1. The second kappa shape index (κ2) is 5.55. The zero-order chi connectivity index (χ0) is 13.9. The monoisotopic (exact) mass is 276 g/mol. The molecule has 0 aromatic heterocycles. The van der Waals surface area contributed by atoms with Crippen molar-refractivity contribution in [3.63, 3.8) is 0 Å².